The second-order valence-electron chi connectivity index (χ2n) is 2.98. The molecule has 0 saturated heterocycles. The molecule has 1 N–H and O–H groups in total. The first-order chi connectivity index (χ1) is 7.08. The molecule has 2 aromatic heterocycles. The number of carbonyl (C=O) groups is 1. The molecule has 0 unspecified atom stereocenters. The van der Waals surface area contributed by atoms with Crippen molar-refractivity contribution in [1.82, 2.24) is 9.97 Å². The van der Waals surface area contributed by atoms with E-state index in [1.54, 1.807) is 12.3 Å². The second kappa shape index (κ2) is 3.47. The highest BCUT2D eigenvalue weighted by molar-refractivity contribution is 7.09. The van der Waals surface area contributed by atoms with Crippen molar-refractivity contribution in [3.63, 3.8) is 0 Å². The summed E-state index contributed by atoms with van der Waals surface area (Å²) < 4.78 is 5.23. The van der Waals surface area contributed by atoms with Crippen LogP contribution in [0.15, 0.2) is 9.80 Å². The van der Waals surface area contributed by atoms with Gasteiger partial charge in [0.05, 0.1) is 5.01 Å². The molecule has 2 rings (SSSR count). The van der Waals surface area contributed by atoms with E-state index in [0.717, 1.165) is 5.01 Å². The van der Waals surface area contributed by atoms with Crippen molar-refractivity contribution < 1.29 is 14.3 Å². The van der Waals surface area contributed by atoms with Gasteiger partial charge in [0, 0.05) is 5.38 Å². The molecule has 0 radical (unpaired) electrons. The van der Waals surface area contributed by atoms with Gasteiger partial charge in [-0.2, -0.15) is 0 Å². The Kier molecular flexibility index (Phi) is 2.28. The number of aromatic nitrogens is 2. The largest absolute Gasteiger partial charge is 0.476 e. The van der Waals surface area contributed by atoms with E-state index in [4.69, 9.17) is 9.52 Å². The fourth-order valence-electron chi connectivity index (χ4n) is 1.17. The Bertz CT molecular complexity index is 515. The van der Waals surface area contributed by atoms with E-state index in [-0.39, 0.29) is 11.6 Å². The predicted molar refractivity (Wildman–Crippen MR) is 54.0 cm³/mol. The molecule has 15 heavy (non-hydrogen) atoms. The van der Waals surface area contributed by atoms with Crippen molar-refractivity contribution in [3.8, 4) is 11.6 Å². The summed E-state index contributed by atoms with van der Waals surface area (Å²) in [5.41, 5.74) is 0.517. The van der Waals surface area contributed by atoms with Crippen LogP contribution in [-0.2, 0) is 0 Å². The number of aryl methyl sites for hydroxylation is 2. The first kappa shape index (κ1) is 9.85. The van der Waals surface area contributed by atoms with Crippen molar-refractivity contribution in [1.29, 1.82) is 0 Å². The summed E-state index contributed by atoms with van der Waals surface area (Å²) in [6.45, 7) is 3.43. The molecule has 6 heteroatoms. The number of hydrogen-bond acceptors (Lipinski definition) is 5. The number of thiazole rings is 1. The highest BCUT2D eigenvalue weighted by atomic mass is 32.1. The van der Waals surface area contributed by atoms with Crippen LogP contribution in [-0.4, -0.2) is 21.0 Å². The van der Waals surface area contributed by atoms with Gasteiger partial charge in [-0.25, -0.2) is 14.8 Å². The normalized spacial score (nSPS) is 10.5. The van der Waals surface area contributed by atoms with Crippen LogP contribution in [0.5, 0.6) is 0 Å². The highest BCUT2D eigenvalue weighted by Gasteiger charge is 2.18. The third kappa shape index (κ3) is 1.75. The molecule has 0 aliphatic heterocycles. The average molecular weight is 224 g/mol. The molecule has 78 valence electrons. The van der Waals surface area contributed by atoms with Gasteiger partial charge >= 0.3 is 5.97 Å². The molecular formula is C9H8N2O3S. The van der Waals surface area contributed by atoms with Crippen LogP contribution >= 0.6 is 11.3 Å². The molecule has 0 aliphatic carbocycles. The Morgan fingerprint density at radius 1 is 1.47 bits per heavy atom. The summed E-state index contributed by atoms with van der Waals surface area (Å²) in [7, 11) is 0. The topological polar surface area (TPSA) is 76.2 Å². The van der Waals surface area contributed by atoms with Crippen LogP contribution in [0.25, 0.3) is 11.6 Å². The molecule has 2 heterocycles. The van der Waals surface area contributed by atoms with E-state index in [0.29, 0.717) is 11.5 Å². The summed E-state index contributed by atoms with van der Waals surface area (Å²) in [6.07, 6.45) is 0. The quantitative estimate of drug-likeness (QED) is 0.845. The maximum absolute atomic E-state index is 10.7. The smallest absolute Gasteiger partial charge is 0.358 e. The van der Waals surface area contributed by atoms with Crippen molar-refractivity contribution >= 4 is 17.3 Å². The third-order valence-electron chi connectivity index (χ3n) is 1.84. The zero-order chi connectivity index (χ0) is 11.0. The lowest BCUT2D eigenvalue weighted by Crippen LogP contribution is -1.98. The molecule has 0 saturated carbocycles. The minimum atomic E-state index is -1.09. The van der Waals surface area contributed by atoms with Gasteiger partial charge in [-0.05, 0) is 13.8 Å². The summed E-state index contributed by atoms with van der Waals surface area (Å²) in [5.74, 6) is -0.535. The van der Waals surface area contributed by atoms with Crippen molar-refractivity contribution in [2.45, 2.75) is 13.8 Å². The summed E-state index contributed by atoms with van der Waals surface area (Å²) in [6, 6.07) is 0. The number of carboxylic acid groups (broad SMARTS) is 1. The second-order valence-corrected chi connectivity index (χ2v) is 4.04. The van der Waals surface area contributed by atoms with Gasteiger partial charge in [-0.3, -0.25) is 0 Å². The first-order valence-corrected chi connectivity index (χ1v) is 5.09. The summed E-state index contributed by atoms with van der Waals surface area (Å²) in [5, 5.41) is 11.5. The van der Waals surface area contributed by atoms with Gasteiger partial charge in [0.25, 0.3) is 0 Å². The van der Waals surface area contributed by atoms with E-state index in [1.165, 1.54) is 11.3 Å². The number of oxazole rings is 1. The minimum absolute atomic E-state index is 0.0596. The Morgan fingerprint density at radius 2 is 2.20 bits per heavy atom. The number of aromatic carboxylic acids is 1. The fourth-order valence-corrected chi connectivity index (χ4v) is 1.75. The summed E-state index contributed by atoms with van der Waals surface area (Å²) in [4.78, 5) is 18.8. The lowest BCUT2D eigenvalue weighted by atomic mass is 10.4. The molecule has 5 nitrogen and oxygen atoms in total. The Labute approximate surface area is 89.4 Å². The highest BCUT2D eigenvalue weighted by Crippen LogP contribution is 2.23. The van der Waals surface area contributed by atoms with E-state index < -0.39 is 5.97 Å². The summed E-state index contributed by atoms with van der Waals surface area (Å²) >= 11 is 1.46. The first-order valence-electron chi connectivity index (χ1n) is 4.21. The number of rotatable bonds is 2. The van der Waals surface area contributed by atoms with Crippen molar-refractivity contribution in [2.24, 2.45) is 0 Å². The van der Waals surface area contributed by atoms with Crippen LogP contribution in [0.1, 0.15) is 21.3 Å². The van der Waals surface area contributed by atoms with Gasteiger partial charge in [0.15, 0.2) is 5.69 Å². The molecule has 0 fully saturated rings. The number of nitrogens with zero attached hydrogens (tertiary/aromatic N) is 2. The van der Waals surface area contributed by atoms with E-state index in [1.807, 2.05) is 6.92 Å². The van der Waals surface area contributed by atoms with Gasteiger partial charge in [-0.1, -0.05) is 0 Å². The predicted octanol–water partition coefficient (Wildman–Crippen LogP) is 2.11. The fraction of sp³-hybridized carbons (Fsp3) is 0.222. The van der Waals surface area contributed by atoms with Crippen LogP contribution in [0.2, 0.25) is 0 Å². The Morgan fingerprint density at radius 3 is 2.67 bits per heavy atom. The van der Waals surface area contributed by atoms with E-state index in [2.05, 4.69) is 9.97 Å². The molecule has 0 atom stereocenters. The van der Waals surface area contributed by atoms with Gasteiger partial charge in [0.2, 0.25) is 5.89 Å². The van der Waals surface area contributed by atoms with E-state index >= 15 is 0 Å². The van der Waals surface area contributed by atoms with Crippen LogP contribution in [0.3, 0.4) is 0 Å². The number of hydrogen-bond donors (Lipinski definition) is 1. The van der Waals surface area contributed by atoms with Gasteiger partial charge in [0.1, 0.15) is 11.5 Å². The zero-order valence-corrected chi connectivity index (χ0v) is 8.96. The van der Waals surface area contributed by atoms with Crippen LogP contribution in [0, 0.1) is 13.8 Å². The molecule has 0 amide bonds. The third-order valence-corrected chi connectivity index (χ3v) is 2.61. The van der Waals surface area contributed by atoms with Crippen molar-refractivity contribution in [3.05, 3.63) is 21.8 Å². The average Bonchev–Trinajstić information content (AvgIpc) is 2.71. The monoisotopic (exact) mass is 224 g/mol. The SMILES string of the molecule is Cc1nc(-c2nc(C(=O)O)c(C)o2)cs1. The molecule has 0 spiro atoms. The van der Waals surface area contributed by atoms with Crippen LogP contribution < -0.4 is 0 Å². The lowest BCUT2D eigenvalue weighted by molar-refractivity contribution is 0.0689. The Balaban J connectivity index is 2.46. The zero-order valence-electron chi connectivity index (χ0n) is 8.14. The molecular weight excluding hydrogens is 216 g/mol. The van der Waals surface area contributed by atoms with Gasteiger partial charge in [-0.15, -0.1) is 11.3 Å². The maximum Gasteiger partial charge on any atom is 0.358 e. The van der Waals surface area contributed by atoms with Gasteiger partial charge < -0.3 is 9.52 Å². The molecule has 2 aromatic rings. The van der Waals surface area contributed by atoms with Crippen LogP contribution in [0.4, 0.5) is 0 Å². The molecule has 0 bridgehead atoms. The lowest BCUT2D eigenvalue weighted by Gasteiger charge is -1.84. The van der Waals surface area contributed by atoms with E-state index in [9.17, 15) is 4.79 Å². The number of carboxylic acids is 1. The standard InChI is InChI=1S/C9H8N2O3S/c1-4-7(9(12)13)11-8(14-4)6-3-15-5(2)10-6/h3H,1-2H3,(H,12,13). The molecule has 0 aliphatic rings. The maximum atomic E-state index is 10.7. The Hall–Kier alpha value is -1.69. The molecule has 0 aromatic carbocycles. The minimum Gasteiger partial charge on any atom is -0.476 e. The van der Waals surface area contributed by atoms with Crippen molar-refractivity contribution in [2.75, 3.05) is 0 Å².